The molecule has 0 aliphatic heterocycles. The lowest BCUT2D eigenvalue weighted by Gasteiger charge is -2.16. The number of carbonyl (C=O) groups is 1. The number of halogens is 1. The van der Waals surface area contributed by atoms with Crippen molar-refractivity contribution < 1.29 is 4.79 Å². The van der Waals surface area contributed by atoms with Gasteiger partial charge < -0.3 is 15.5 Å². The molecule has 2 rings (SSSR count). The third-order valence-electron chi connectivity index (χ3n) is 3.57. The van der Waals surface area contributed by atoms with Crippen LogP contribution < -0.4 is 15.5 Å². The van der Waals surface area contributed by atoms with Gasteiger partial charge in [-0.3, -0.25) is 4.79 Å². The van der Waals surface area contributed by atoms with Crippen molar-refractivity contribution in [3.63, 3.8) is 0 Å². The number of amides is 1. The van der Waals surface area contributed by atoms with Gasteiger partial charge in [0.05, 0.1) is 6.04 Å². The van der Waals surface area contributed by atoms with Crippen molar-refractivity contribution in [1.82, 2.24) is 5.32 Å². The number of anilines is 2. The Morgan fingerprint density at radius 2 is 1.70 bits per heavy atom. The predicted molar refractivity (Wildman–Crippen MR) is 97.2 cm³/mol. The first-order chi connectivity index (χ1) is 11.0. The smallest absolute Gasteiger partial charge is 0.241 e. The van der Waals surface area contributed by atoms with E-state index in [1.165, 1.54) is 0 Å². The third kappa shape index (κ3) is 5.27. The molecular weight excluding hydrogens is 310 g/mol. The summed E-state index contributed by atoms with van der Waals surface area (Å²) >= 11 is 5.86. The van der Waals surface area contributed by atoms with Crippen molar-refractivity contribution in [2.24, 2.45) is 0 Å². The van der Waals surface area contributed by atoms with Crippen LogP contribution in [0.1, 0.15) is 12.5 Å². The molecule has 0 bridgehead atoms. The Hall–Kier alpha value is -2.04. The summed E-state index contributed by atoms with van der Waals surface area (Å²) in [6, 6.07) is 15.0. The van der Waals surface area contributed by atoms with Crippen molar-refractivity contribution >= 4 is 28.9 Å². The first kappa shape index (κ1) is 17.3. The highest BCUT2D eigenvalue weighted by Crippen LogP contribution is 2.16. The summed E-state index contributed by atoms with van der Waals surface area (Å²) in [5, 5.41) is 6.83. The number of benzene rings is 2. The van der Waals surface area contributed by atoms with Gasteiger partial charge in [-0.2, -0.15) is 0 Å². The van der Waals surface area contributed by atoms with Gasteiger partial charge in [-0.15, -0.1) is 0 Å². The normalized spacial score (nSPS) is 11.8. The van der Waals surface area contributed by atoms with E-state index in [4.69, 9.17) is 11.6 Å². The van der Waals surface area contributed by atoms with Crippen LogP contribution in [-0.4, -0.2) is 26.0 Å². The summed E-state index contributed by atoms with van der Waals surface area (Å²) in [6.45, 7) is 2.46. The summed E-state index contributed by atoms with van der Waals surface area (Å²) < 4.78 is 0. The number of hydrogen-bond acceptors (Lipinski definition) is 3. The van der Waals surface area contributed by atoms with Crippen molar-refractivity contribution in [3.8, 4) is 0 Å². The molecule has 0 aromatic heterocycles. The van der Waals surface area contributed by atoms with Gasteiger partial charge in [0.15, 0.2) is 0 Å². The van der Waals surface area contributed by atoms with Crippen molar-refractivity contribution in [1.29, 1.82) is 0 Å². The Balaban J connectivity index is 1.85. The largest absolute Gasteiger partial charge is 0.378 e. The summed E-state index contributed by atoms with van der Waals surface area (Å²) in [4.78, 5) is 14.2. The first-order valence-corrected chi connectivity index (χ1v) is 7.89. The average molecular weight is 332 g/mol. The van der Waals surface area contributed by atoms with Crippen molar-refractivity contribution in [3.05, 3.63) is 59.1 Å². The fourth-order valence-corrected chi connectivity index (χ4v) is 2.19. The number of nitrogens with one attached hydrogen (secondary N) is 2. The lowest BCUT2D eigenvalue weighted by molar-refractivity contribution is -0.117. The molecule has 23 heavy (non-hydrogen) atoms. The number of nitrogens with zero attached hydrogens (tertiary/aromatic N) is 1. The molecule has 0 saturated carbocycles. The molecule has 2 aromatic rings. The molecule has 122 valence electrons. The monoisotopic (exact) mass is 331 g/mol. The quantitative estimate of drug-likeness (QED) is 0.851. The number of carbonyl (C=O) groups excluding carboxylic acids is 1. The van der Waals surface area contributed by atoms with Crippen LogP contribution in [0.2, 0.25) is 5.02 Å². The molecule has 0 heterocycles. The number of rotatable bonds is 6. The highest BCUT2D eigenvalue weighted by atomic mass is 35.5. The molecule has 5 heteroatoms. The van der Waals surface area contributed by atoms with Gasteiger partial charge in [-0.1, -0.05) is 23.7 Å². The Kier molecular flexibility index (Phi) is 6.02. The van der Waals surface area contributed by atoms with E-state index in [2.05, 4.69) is 10.6 Å². The summed E-state index contributed by atoms with van der Waals surface area (Å²) in [7, 11) is 3.96. The zero-order valence-electron chi connectivity index (χ0n) is 13.6. The van der Waals surface area contributed by atoms with Crippen LogP contribution in [-0.2, 0) is 11.3 Å². The SMILES string of the molecule is CC(NCc1ccc(Cl)cc1)C(=O)Nc1ccc(N(C)C)cc1. The second kappa shape index (κ2) is 7.99. The molecule has 0 saturated heterocycles. The average Bonchev–Trinajstić information content (AvgIpc) is 2.54. The van der Waals surface area contributed by atoms with E-state index in [-0.39, 0.29) is 11.9 Å². The minimum Gasteiger partial charge on any atom is -0.378 e. The summed E-state index contributed by atoms with van der Waals surface area (Å²) in [5.74, 6) is -0.0587. The Morgan fingerprint density at radius 3 is 2.26 bits per heavy atom. The van der Waals surface area contributed by atoms with Crippen LogP contribution in [0.25, 0.3) is 0 Å². The maximum Gasteiger partial charge on any atom is 0.241 e. The summed E-state index contributed by atoms with van der Waals surface area (Å²) in [5.41, 5.74) is 2.97. The molecular formula is C18H22ClN3O. The van der Waals surface area contributed by atoms with Gasteiger partial charge in [-0.25, -0.2) is 0 Å². The molecule has 2 N–H and O–H groups in total. The van der Waals surface area contributed by atoms with Crippen LogP contribution in [0, 0.1) is 0 Å². The van der Waals surface area contributed by atoms with Crippen LogP contribution in [0.3, 0.4) is 0 Å². The lowest BCUT2D eigenvalue weighted by Crippen LogP contribution is -2.37. The van der Waals surface area contributed by atoms with Gasteiger partial charge in [0, 0.05) is 37.0 Å². The van der Waals surface area contributed by atoms with Gasteiger partial charge in [0.2, 0.25) is 5.91 Å². The van der Waals surface area contributed by atoms with Crippen LogP contribution in [0.15, 0.2) is 48.5 Å². The molecule has 0 aliphatic carbocycles. The maximum absolute atomic E-state index is 12.2. The Bertz CT molecular complexity index is 638. The van der Waals surface area contributed by atoms with Crippen LogP contribution in [0.4, 0.5) is 11.4 Å². The minimum absolute atomic E-state index is 0.0587. The van der Waals surface area contributed by atoms with E-state index in [1.807, 2.05) is 74.4 Å². The molecule has 1 atom stereocenters. The second-order valence-electron chi connectivity index (χ2n) is 5.66. The Labute approximate surface area is 142 Å². The van der Waals surface area contributed by atoms with Gasteiger partial charge >= 0.3 is 0 Å². The number of hydrogen-bond donors (Lipinski definition) is 2. The van der Waals surface area contributed by atoms with E-state index >= 15 is 0 Å². The molecule has 0 aliphatic rings. The van der Waals surface area contributed by atoms with Crippen LogP contribution in [0.5, 0.6) is 0 Å². The van der Waals surface area contributed by atoms with Crippen molar-refractivity contribution in [2.75, 3.05) is 24.3 Å². The maximum atomic E-state index is 12.2. The topological polar surface area (TPSA) is 44.4 Å². The fourth-order valence-electron chi connectivity index (χ4n) is 2.06. The Morgan fingerprint density at radius 1 is 1.09 bits per heavy atom. The molecule has 1 amide bonds. The second-order valence-corrected chi connectivity index (χ2v) is 6.10. The molecule has 1 unspecified atom stereocenters. The van der Waals surface area contributed by atoms with E-state index in [9.17, 15) is 4.79 Å². The molecule has 0 radical (unpaired) electrons. The highest BCUT2D eigenvalue weighted by Gasteiger charge is 2.12. The molecule has 2 aromatic carbocycles. The molecule has 4 nitrogen and oxygen atoms in total. The minimum atomic E-state index is -0.292. The fraction of sp³-hybridized carbons (Fsp3) is 0.278. The van der Waals surface area contributed by atoms with Crippen molar-refractivity contribution in [2.45, 2.75) is 19.5 Å². The van der Waals surface area contributed by atoms with Gasteiger partial charge in [0.25, 0.3) is 0 Å². The third-order valence-corrected chi connectivity index (χ3v) is 3.82. The van der Waals surface area contributed by atoms with Gasteiger partial charge in [0.1, 0.15) is 0 Å². The van der Waals surface area contributed by atoms with Crippen LogP contribution >= 0.6 is 11.6 Å². The van der Waals surface area contributed by atoms with E-state index in [0.717, 1.165) is 16.9 Å². The molecule has 0 fully saturated rings. The highest BCUT2D eigenvalue weighted by molar-refractivity contribution is 6.30. The van der Waals surface area contributed by atoms with E-state index in [1.54, 1.807) is 0 Å². The van der Waals surface area contributed by atoms with Gasteiger partial charge in [-0.05, 0) is 48.9 Å². The van der Waals surface area contributed by atoms with E-state index < -0.39 is 0 Å². The standard InChI is InChI=1S/C18H22ClN3O/c1-13(20-12-14-4-6-15(19)7-5-14)18(23)21-16-8-10-17(11-9-16)22(2)3/h4-11,13,20H,12H2,1-3H3,(H,21,23). The van der Waals surface area contributed by atoms with E-state index in [0.29, 0.717) is 11.6 Å². The summed E-state index contributed by atoms with van der Waals surface area (Å²) in [6.07, 6.45) is 0. The molecule has 0 spiro atoms. The first-order valence-electron chi connectivity index (χ1n) is 7.52. The zero-order chi connectivity index (χ0) is 16.8. The predicted octanol–water partition coefficient (Wildman–Crippen LogP) is 3.52. The zero-order valence-corrected chi connectivity index (χ0v) is 14.4. The lowest BCUT2D eigenvalue weighted by atomic mass is 10.2.